The number of aliphatic hydroxyl groups is 2. The lowest BCUT2D eigenvalue weighted by Crippen LogP contribution is -2.26. The van der Waals surface area contributed by atoms with Gasteiger partial charge in [-0.1, -0.05) is 13.8 Å². The van der Waals surface area contributed by atoms with Crippen molar-refractivity contribution >= 4 is 17.0 Å². The highest BCUT2D eigenvalue weighted by atomic mass is 19.2. The maximum Gasteiger partial charge on any atom is 0.341 e. The average molecular weight is 464 g/mol. The number of halogens is 3. The molecular weight excluding hydrogens is 441 g/mol. The summed E-state index contributed by atoms with van der Waals surface area (Å²) in [6, 6.07) is 2.52. The SMILES string of the molecule is CC(C)[C@@H](CO)n1cc(C(=O)O)c(=O)c2cc(CCc3cc(F)c(F)c(F)c3)c(CO)nc21. The fraction of sp³-hybridized carbons (Fsp3) is 0.348. The second-order valence-corrected chi connectivity index (χ2v) is 8.08. The van der Waals surface area contributed by atoms with Crippen LogP contribution in [0.2, 0.25) is 0 Å². The third kappa shape index (κ3) is 4.76. The number of nitrogens with zero attached hydrogens (tertiary/aromatic N) is 2. The van der Waals surface area contributed by atoms with Gasteiger partial charge >= 0.3 is 5.97 Å². The summed E-state index contributed by atoms with van der Waals surface area (Å²) in [6.07, 6.45) is 1.27. The molecule has 3 rings (SSSR count). The molecule has 0 radical (unpaired) electrons. The van der Waals surface area contributed by atoms with Crippen LogP contribution in [0.1, 0.15) is 47.1 Å². The van der Waals surface area contributed by atoms with Gasteiger partial charge in [0.2, 0.25) is 5.43 Å². The van der Waals surface area contributed by atoms with Gasteiger partial charge in [0.1, 0.15) is 11.2 Å². The molecule has 0 aliphatic carbocycles. The second kappa shape index (κ2) is 9.72. The third-order valence-electron chi connectivity index (χ3n) is 5.59. The molecule has 0 aliphatic rings. The number of aromatic nitrogens is 2. The number of pyridine rings is 2. The predicted molar refractivity (Wildman–Crippen MR) is 114 cm³/mol. The minimum absolute atomic E-state index is 0.0299. The summed E-state index contributed by atoms with van der Waals surface area (Å²) in [5, 5.41) is 29.2. The smallest absolute Gasteiger partial charge is 0.341 e. The Hall–Kier alpha value is -3.24. The van der Waals surface area contributed by atoms with E-state index in [0.29, 0.717) is 5.56 Å². The van der Waals surface area contributed by atoms with E-state index in [1.165, 1.54) is 10.6 Å². The fourth-order valence-corrected chi connectivity index (χ4v) is 3.76. The van der Waals surface area contributed by atoms with Crippen molar-refractivity contribution in [1.29, 1.82) is 0 Å². The molecule has 176 valence electrons. The van der Waals surface area contributed by atoms with Gasteiger partial charge in [0.25, 0.3) is 0 Å². The zero-order chi connectivity index (χ0) is 24.4. The van der Waals surface area contributed by atoms with Gasteiger partial charge < -0.3 is 19.9 Å². The van der Waals surface area contributed by atoms with E-state index in [-0.39, 0.29) is 47.7 Å². The normalized spacial score (nSPS) is 12.5. The Balaban J connectivity index is 2.17. The number of fused-ring (bicyclic) bond motifs is 1. The number of carboxylic acids is 1. The number of carbonyl (C=O) groups is 1. The third-order valence-corrected chi connectivity index (χ3v) is 5.59. The van der Waals surface area contributed by atoms with Crippen LogP contribution in [0.25, 0.3) is 11.0 Å². The van der Waals surface area contributed by atoms with Gasteiger partial charge in [-0.15, -0.1) is 0 Å². The van der Waals surface area contributed by atoms with Crippen molar-refractivity contribution in [3.05, 3.63) is 74.5 Å². The molecule has 0 unspecified atom stereocenters. The lowest BCUT2D eigenvalue weighted by molar-refractivity contribution is 0.0694. The maximum absolute atomic E-state index is 13.5. The van der Waals surface area contributed by atoms with E-state index in [2.05, 4.69) is 4.98 Å². The lowest BCUT2D eigenvalue weighted by Gasteiger charge is -2.24. The summed E-state index contributed by atoms with van der Waals surface area (Å²) in [6.45, 7) is 2.77. The Morgan fingerprint density at radius 3 is 2.24 bits per heavy atom. The van der Waals surface area contributed by atoms with E-state index in [1.54, 1.807) is 0 Å². The molecule has 10 heteroatoms. The molecule has 3 aromatic rings. The van der Waals surface area contributed by atoms with Crippen molar-refractivity contribution in [3.63, 3.8) is 0 Å². The molecule has 0 saturated heterocycles. The number of hydrogen-bond acceptors (Lipinski definition) is 5. The zero-order valence-electron chi connectivity index (χ0n) is 18.0. The molecule has 0 aliphatic heterocycles. The highest BCUT2D eigenvalue weighted by molar-refractivity contribution is 5.92. The van der Waals surface area contributed by atoms with E-state index in [1.807, 2.05) is 13.8 Å². The molecule has 2 heterocycles. The molecule has 0 fully saturated rings. The van der Waals surface area contributed by atoms with Crippen LogP contribution in [-0.2, 0) is 19.4 Å². The van der Waals surface area contributed by atoms with Crippen LogP contribution in [0, 0.1) is 23.4 Å². The van der Waals surface area contributed by atoms with Gasteiger partial charge in [-0.3, -0.25) is 4.79 Å². The highest BCUT2D eigenvalue weighted by Crippen LogP contribution is 2.25. The minimum atomic E-state index is -1.58. The summed E-state index contributed by atoms with van der Waals surface area (Å²) in [5.74, 6) is -5.82. The van der Waals surface area contributed by atoms with Crippen molar-refractivity contribution in [2.24, 2.45) is 5.92 Å². The van der Waals surface area contributed by atoms with Crippen molar-refractivity contribution in [3.8, 4) is 0 Å². The summed E-state index contributed by atoms with van der Waals surface area (Å²) in [4.78, 5) is 28.9. The Morgan fingerprint density at radius 1 is 1.09 bits per heavy atom. The molecule has 0 bridgehead atoms. The molecule has 1 aromatic carbocycles. The number of aryl methyl sites for hydroxylation is 2. The Bertz CT molecular complexity index is 1250. The maximum atomic E-state index is 13.5. The fourth-order valence-electron chi connectivity index (χ4n) is 3.76. The van der Waals surface area contributed by atoms with Crippen LogP contribution in [-0.4, -0.2) is 37.4 Å². The molecule has 7 nitrogen and oxygen atoms in total. The highest BCUT2D eigenvalue weighted by Gasteiger charge is 2.23. The number of aromatic carboxylic acids is 1. The molecule has 0 amide bonds. The zero-order valence-corrected chi connectivity index (χ0v) is 18.0. The monoisotopic (exact) mass is 464 g/mol. The van der Waals surface area contributed by atoms with Crippen LogP contribution < -0.4 is 5.43 Å². The predicted octanol–water partition coefficient (Wildman–Crippen LogP) is 2.98. The van der Waals surface area contributed by atoms with Crippen LogP contribution >= 0.6 is 0 Å². The number of aliphatic hydroxyl groups excluding tert-OH is 2. The van der Waals surface area contributed by atoms with Crippen molar-refractivity contribution in [1.82, 2.24) is 9.55 Å². The van der Waals surface area contributed by atoms with E-state index < -0.39 is 47.1 Å². The largest absolute Gasteiger partial charge is 0.477 e. The van der Waals surface area contributed by atoms with Crippen LogP contribution in [0.4, 0.5) is 13.2 Å². The van der Waals surface area contributed by atoms with E-state index >= 15 is 0 Å². The Labute approximate surface area is 186 Å². The summed E-state index contributed by atoms with van der Waals surface area (Å²) >= 11 is 0. The average Bonchev–Trinajstić information content (AvgIpc) is 2.76. The molecule has 3 N–H and O–H groups in total. The van der Waals surface area contributed by atoms with Crippen molar-refractivity contribution in [2.75, 3.05) is 6.61 Å². The molecule has 0 saturated carbocycles. The lowest BCUT2D eigenvalue weighted by atomic mass is 10.00. The number of rotatable bonds is 8. The van der Waals surface area contributed by atoms with Crippen molar-refractivity contribution in [2.45, 2.75) is 39.3 Å². The molecule has 1 atom stereocenters. The Morgan fingerprint density at radius 2 is 1.73 bits per heavy atom. The van der Waals surface area contributed by atoms with Crippen LogP contribution in [0.3, 0.4) is 0 Å². The molecule has 2 aromatic heterocycles. The van der Waals surface area contributed by atoms with E-state index in [4.69, 9.17) is 0 Å². The van der Waals surface area contributed by atoms with Crippen molar-refractivity contribution < 1.29 is 33.3 Å². The van der Waals surface area contributed by atoms with Crippen LogP contribution in [0.5, 0.6) is 0 Å². The molecule has 33 heavy (non-hydrogen) atoms. The van der Waals surface area contributed by atoms with Gasteiger partial charge in [-0.25, -0.2) is 22.9 Å². The van der Waals surface area contributed by atoms with Gasteiger partial charge in [0.15, 0.2) is 17.5 Å². The Kier molecular flexibility index (Phi) is 7.19. The van der Waals surface area contributed by atoms with Crippen LogP contribution in [0.15, 0.2) is 29.2 Å². The number of carboxylic acid groups (broad SMARTS) is 1. The first-order chi connectivity index (χ1) is 15.6. The molecule has 0 spiro atoms. The van der Waals surface area contributed by atoms with E-state index in [0.717, 1.165) is 18.3 Å². The van der Waals surface area contributed by atoms with Gasteiger partial charge in [0, 0.05) is 6.20 Å². The van der Waals surface area contributed by atoms with Gasteiger partial charge in [-0.05, 0) is 48.1 Å². The second-order valence-electron chi connectivity index (χ2n) is 8.08. The summed E-state index contributed by atoms with van der Waals surface area (Å²) in [5.41, 5.74) is -0.481. The molecular formula is C23H23F3N2O5. The number of benzene rings is 1. The summed E-state index contributed by atoms with van der Waals surface area (Å²) < 4.78 is 41.7. The first kappa shape index (κ1) is 24.4. The van der Waals surface area contributed by atoms with Gasteiger partial charge in [0.05, 0.1) is 30.3 Å². The quantitative estimate of drug-likeness (QED) is 0.442. The number of hydrogen-bond donors (Lipinski definition) is 3. The topological polar surface area (TPSA) is 113 Å². The minimum Gasteiger partial charge on any atom is -0.477 e. The summed E-state index contributed by atoms with van der Waals surface area (Å²) in [7, 11) is 0. The first-order valence-electron chi connectivity index (χ1n) is 10.2. The first-order valence-corrected chi connectivity index (χ1v) is 10.2. The standard InChI is InChI=1S/C23H23F3N2O5/c1-11(2)19(10-30)28-8-15(23(32)33)21(31)14-7-13(18(9-29)27-22(14)28)4-3-12-5-16(24)20(26)17(25)6-12/h5-8,11,19,29-30H,3-4,9-10H2,1-2H3,(H,32,33)/t19-/m1/s1. The van der Waals surface area contributed by atoms with E-state index in [9.17, 15) is 38.1 Å². The van der Waals surface area contributed by atoms with Gasteiger partial charge in [-0.2, -0.15) is 0 Å².